The molecule has 7 nitrogen and oxygen atoms in total. The van der Waals surface area contributed by atoms with E-state index in [0.29, 0.717) is 23.1 Å². The van der Waals surface area contributed by atoms with Gasteiger partial charge in [0, 0.05) is 37.8 Å². The third-order valence-electron chi connectivity index (χ3n) is 4.98. The summed E-state index contributed by atoms with van der Waals surface area (Å²) in [6.45, 7) is 12.2. The number of aliphatic imine (C=N–C) groups is 1. The van der Waals surface area contributed by atoms with Gasteiger partial charge >= 0.3 is 0 Å². The molecule has 0 spiro atoms. The Morgan fingerprint density at radius 1 is 1.30 bits per heavy atom. The molecule has 0 bridgehead atoms. The summed E-state index contributed by atoms with van der Waals surface area (Å²) in [5.74, 6) is 2.03. The number of rotatable bonds is 9. The number of hydrogen-bond acceptors (Lipinski definition) is 5. The number of aliphatic hydroxyl groups excluding tert-OH is 1. The van der Waals surface area contributed by atoms with E-state index in [4.69, 9.17) is 9.47 Å². The van der Waals surface area contributed by atoms with Gasteiger partial charge < -0.3 is 25.2 Å². The van der Waals surface area contributed by atoms with E-state index in [9.17, 15) is 5.11 Å². The number of nitrogens with zero attached hydrogens (tertiary/aromatic N) is 2. The Hall–Kier alpha value is -1.52. The van der Waals surface area contributed by atoms with E-state index in [0.717, 1.165) is 45.0 Å². The number of hydrogen-bond donors (Lipinski definition) is 3. The van der Waals surface area contributed by atoms with Crippen molar-refractivity contribution in [3.8, 4) is 11.5 Å². The second-order valence-electron chi connectivity index (χ2n) is 7.50. The third kappa shape index (κ3) is 8.31. The summed E-state index contributed by atoms with van der Waals surface area (Å²) in [6, 6.07) is 5.77. The first-order chi connectivity index (χ1) is 14.0. The molecule has 1 aliphatic heterocycles. The lowest BCUT2D eigenvalue weighted by Gasteiger charge is -2.33. The van der Waals surface area contributed by atoms with Crippen LogP contribution in [0.5, 0.6) is 11.5 Å². The number of guanidine groups is 1. The van der Waals surface area contributed by atoms with Crippen LogP contribution < -0.4 is 20.1 Å². The minimum absolute atomic E-state index is 0. The predicted molar refractivity (Wildman–Crippen MR) is 133 cm³/mol. The van der Waals surface area contributed by atoms with Crippen LogP contribution in [0.15, 0.2) is 35.3 Å². The van der Waals surface area contributed by atoms with E-state index in [2.05, 4.69) is 34.0 Å². The maximum absolute atomic E-state index is 10.7. The normalized spacial score (nSPS) is 16.4. The van der Waals surface area contributed by atoms with Crippen molar-refractivity contribution in [2.24, 2.45) is 4.99 Å². The van der Waals surface area contributed by atoms with Gasteiger partial charge in [0.1, 0.15) is 17.6 Å². The number of nitrogens with one attached hydrogen (secondary N) is 2. The highest BCUT2D eigenvalue weighted by Crippen LogP contribution is 2.29. The average Bonchev–Trinajstić information content (AvgIpc) is 2.72. The SMILES string of the molecule is C=C(C)CN1CCC(NC(=NCC(O)c2cc(OC)ccc2OC)NCC)CC1.I. The number of likely N-dealkylation sites (tertiary alicyclic amines) is 1. The van der Waals surface area contributed by atoms with E-state index in [1.807, 2.05) is 13.0 Å². The standard InChI is InChI=1S/C22H36N4O3.HI/c1-6-23-22(25-17-9-11-26(12-10-17)15-16(2)3)24-14-20(27)19-13-18(28-4)7-8-21(19)29-5;/h7-8,13,17,20,27H,2,6,9-12,14-15H2,1,3-5H3,(H2,23,24,25);1H. The van der Waals surface area contributed by atoms with Gasteiger partial charge in [0.2, 0.25) is 0 Å². The van der Waals surface area contributed by atoms with Crippen molar-refractivity contribution in [3.05, 3.63) is 35.9 Å². The fraction of sp³-hybridized carbons (Fsp3) is 0.591. The smallest absolute Gasteiger partial charge is 0.191 e. The molecule has 1 saturated heterocycles. The second kappa shape index (κ2) is 13.7. The lowest BCUT2D eigenvalue weighted by molar-refractivity contribution is 0.181. The molecule has 8 heteroatoms. The number of piperidine rings is 1. The summed E-state index contributed by atoms with van der Waals surface area (Å²) in [6.07, 6.45) is 1.33. The van der Waals surface area contributed by atoms with Crippen LogP contribution in [-0.2, 0) is 0 Å². The topological polar surface area (TPSA) is 78.4 Å². The van der Waals surface area contributed by atoms with Crippen LogP contribution in [0.2, 0.25) is 0 Å². The van der Waals surface area contributed by atoms with Crippen LogP contribution in [0.4, 0.5) is 0 Å². The van der Waals surface area contributed by atoms with Crippen LogP contribution in [0.3, 0.4) is 0 Å². The first kappa shape index (κ1) is 26.5. The van der Waals surface area contributed by atoms with Crippen molar-refractivity contribution < 1.29 is 14.6 Å². The Morgan fingerprint density at radius 3 is 2.57 bits per heavy atom. The lowest BCUT2D eigenvalue weighted by atomic mass is 10.0. The van der Waals surface area contributed by atoms with Crippen molar-refractivity contribution in [1.82, 2.24) is 15.5 Å². The van der Waals surface area contributed by atoms with Gasteiger partial charge in [-0.25, -0.2) is 0 Å². The quantitative estimate of drug-likeness (QED) is 0.197. The van der Waals surface area contributed by atoms with Crippen LogP contribution in [0.1, 0.15) is 38.4 Å². The molecule has 0 aromatic heterocycles. The zero-order valence-electron chi connectivity index (χ0n) is 18.6. The number of aliphatic hydroxyl groups is 1. The number of ether oxygens (including phenoxy) is 2. The van der Waals surface area contributed by atoms with Gasteiger partial charge in [0.05, 0.1) is 20.8 Å². The largest absolute Gasteiger partial charge is 0.497 e. The molecule has 0 amide bonds. The molecule has 3 N–H and O–H groups in total. The summed E-state index contributed by atoms with van der Waals surface area (Å²) in [4.78, 5) is 7.04. The molecule has 1 atom stereocenters. The highest BCUT2D eigenvalue weighted by Gasteiger charge is 2.20. The first-order valence-corrected chi connectivity index (χ1v) is 10.3. The summed E-state index contributed by atoms with van der Waals surface area (Å²) in [5, 5.41) is 17.5. The third-order valence-corrected chi connectivity index (χ3v) is 4.98. The van der Waals surface area contributed by atoms with Crippen molar-refractivity contribution >= 4 is 29.9 Å². The molecule has 2 rings (SSSR count). The van der Waals surface area contributed by atoms with Gasteiger partial charge in [0.25, 0.3) is 0 Å². The fourth-order valence-corrected chi connectivity index (χ4v) is 3.51. The molecule has 1 heterocycles. The summed E-state index contributed by atoms with van der Waals surface area (Å²) in [7, 11) is 3.19. The molecular weight excluding hydrogens is 495 g/mol. The minimum atomic E-state index is -0.784. The van der Waals surface area contributed by atoms with E-state index < -0.39 is 6.10 Å². The van der Waals surface area contributed by atoms with E-state index in [-0.39, 0.29) is 30.5 Å². The molecule has 30 heavy (non-hydrogen) atoms. The van der Waals surface area contributed by atoms with Gasteiger partial charge in [-0.15, -0.1) is 24.0 Å². The van der Waals surface area contributed by atoms with Gasteiger partial charge in [-0.3, -0.25) is 9.89 Å². The summed E-state index contributed by atoms with van der Waals surface area (Å²) >= 11 is 0. The van der Waals surface area contributed by atoms with Crippen molar-refractivity contribution in [2.45, 2.75) is 38.8 Å². The zero-order valence-corrected chi connectivity index (χ0v) is 20.9. The molecule has 1 unspecified atom stereocenters. The minimum Gasteiger partial charge on any atom is -0.497 e. The first-order valence-electron chi connectivity index (χ1n) is 10.3. The number of benzene rings is 1. The van der Waals surface area contributed by atoms with Crippen LogP contribution in [0, 0.1) is 0 Å². The molecule has 0 radical (unpaired) electrons. The second-order valence-corrected chi connectivity index (χ2v) is 7.50. The van der Waals surface area contributed by atoms with E-state index >= 15 is 0 Å². The van der Waals surface area contributed by atoms with Crippen LogP contribution in [0.25, 0.3) is 0 Å². The Labute approximate surface area is 197 Å². The highest BCUT2D eigenvalue weighted by atomic mass is 127. The lowest BCUT2D eigenvalue weighted by Crippen LogP contribution is -2.49. The fourth-order valence-electron chi connectivity index (χ4n) is 3.51. The average molecular weight is 532 g/mol. The Kier molecular flexibility index (Phi) is 12.1. The van der Waals surface area contributed by atoms with Crippen molar-refractivity contribution in [3.63, 3.8) is 0 Å². The maximum Gasteiger partial charge on any atom is 0.191 e. The molecule has 0 aliphatic carbocycles. The van der Waals surface area contributed by atoms with Crippen molar-refractivity contribution in [1.29, 1.82) is 0 Å². The van der Waals surface area contributed by atoms with Gasteiger partial charge in [0.15, 0.2) is 5.96 Å². The number of methoxy groups -OCH3 is 2. The monoisotopic (exact) mass is 532 g/mol. The molecule has 1 fully saturated rings. The predicted octanol–water partition coefficient (Wildman–Crippen LogP) is 2.95. The molecule has 1 aliphatic rings. The molecule has 170 valence electrons. The molecule has 1 aromatic carbocycles. The highest BCUT2D eigenvalue weighted by molar-refractivity contribution is 14.0. The van der Waals surface area contributed by atoms with Crippen molar-refractivity contribution in [2.75, 3.05) is 46.9 Å². The summed E-state index contributed by atoms with van der Waals surface area (Å²) < 4.78 is 10.6. The Morgan fingerprint density at radius 2 is 2.00 bits per heavy atom. The molecule has 0 saturated carbocycles. The Bertz CT molecular complexity index is 691. The van der Waals surface area contributed by atoms with Gasteiger partial charge in [-0.1, -0.05) is 12.2 Å². The van der Waals surface area contributed by atoms with Gasteiger partial charge in [-0.05, 0) is 44.9 Å². The Balaban J connectivity index is 0.00000450. The van der Waals surface area contributed by atoms with Crippen LogP contribution >= 0.6 is 24.0 Å². The summed E-state index contributed by atoms with van der Waals surface area (Å²) in [5.41, 5.74) is 1.87. The maximum atomic E-state index is 10.7. The van der Waals surface area contributed by atoms with Gasteiger partial charge in [-0.2, -0.15) is 0 Å². The van der Waals surface area contributed by atoms with Crippen LogP contribution in [-0.4, -0.2) is 69.0 Å². The molecule has 1 aromatic rings. The molecular formula is C22H37IN4O3. The van der Waals surface area contributed by atoms with E-state index in [1.54, 1.807) is 26.4 Å². The zero-order chi connectivity index (χ0) is 21.2. The number of halogens is 1. The van der Waals surface area contributed by atoms with E-state index in [1.165, 1.54) is 5.57 Å².